The normalized spacial score (nSPS) is 12.2. The molecular formula is C8H11NO3S. The highest BCUT2D eigenvalue weighted by atomic mass is 32.2. The summed E-state index contributed by atoms with van der Waals surface area (Å²) in [6, 6.07) is 5.37. The molecular weight excluding hydrogens is 190 g/mol. The van der Waals surface area contributed by atoms with E-state index in [2.05, 4.69) is 4.72 Å². The van der Waals surface area contributed by atoms with Crippen molar-refractivity contribution in [3.63, 3.8) is 0 Å². The number of hydrogen-bond donors (Lipinski definition) is 2. The van der Waals surface area contributed by atoms with Gasteiger partial charge in [-0.15, -0.1) is 0 Å². The van der Waals surface area contributed by atoms with Crippen LogP contribution in [0.25, 0.3) is 0 Å². The predicted octanol–water partition coefficient (Wildman–Crippen LogP) is 1.55. The first-order valence-corrected chi connectivity index (χ1v) is 4.77. The molecule has 0 amide bonds. The number of para-hydroxylation sites is 1. The number of ether oxygens (including phenoxy) is 1. The van der Waals surface area contributed by atoms with Gasteiger partial charge in [0.15, 0.2) is 0 Å². The fourth-order valence-electron chi connectivity index (χ4n) is 1.03. The van der Waals surface area contributed by atoms with Crippen molar-refractivity contribution in [2.75, 3.05) is 11.8 Å². The number of methoxy groups -OCH3 is 1. The van der Waals surface area contributed by atoms with Gasteiger partial charge in [-0.25, -0.2) is 4.21 Å². The first-order chi connectivity index (χ1) is 6.15. The van der Waals surface area contributed by atoms with Crippen molar-refractivity contribution in [2.45, 2.75) is 6.92 Å². The summed E-state index contributed by atoms with van der Waals surface area (Å²) in [7, 11) is 1.51. The quantitative estimate of drug-likeness (QED) is 0.729. The zero-order valence-corrected chi connectivity index (χ0v) is 8.22. The third kappa shape index (κ3) is 2.43. The Hall–Kier alpha value is -1.07. The van der Waals surface area contributed by atoms with Gasteiger partial charge in [0.25, 0.3) is 11.3 Å². The van der Waals surface area contributed by atoms with Crippen LogP contribution in [0.15, 0.2) is 18.2 Å². The molecule has 4 nitrogen and oxygen atoms in total. The molecule has 0 heterocycles. The minimum Gasteiger partial charge on any atom is -0.495 e. The fraction of sp³-hybridized carbons (Fsp3) is 0.250. The fourth-order valence-corrected chi connectivity index (χ4v) is 1.47. The molecule has 72 valence electrons. The first kappa shape index (κ1) is 10.0. The van der Waals surface area contributed by atoms with E-state index in [0.717, 1.165) is 5.56 Å². The van der Waals surface area contributed by atoms with Gasteiger partial charge < -0.3 is 4.74 Å². The summed E-state index contributed by atoms with van der Waals surface area (Å²) in [6.45, 7) is 1.83. The van der Waals surface area contributed by atoms with Crippen molar-refractivity contribution >= 4 is 17.0 Å². The maximum atomic E-state index is 10.5. The van der Waals surface area contributed by atoms with E-state index in [4.69, 9.17) is 9.29 Å². The molecule has 0 aromatic heterocycles. The molecule has 0 radical (unpaired) electrons. The van der Waals surface area contributed by atoms with Gasteiger partial charge in [-0.2, -0.15) is 0 Å². The molecule has 1 atom stereocenters. The molecule has 1 rings (SSSR count). The lowest BCUT2D eigenvalue weighted by molar-refractivity contribution is 0.416. The van der Waals surface area contributed by atoms with E-state index in [1.54, 1.807) is 6.07 Å². The summed E-state index contributed by atoms with van der Waals surface area (Å²) in [6.07, 6.45) is 0. The molecule has 0 aliphatic heterocycles. The summed E-state index contributed by atoms with van der Waals surface area (Å²) in [4.78, 5) is 0. The number of benzene rings is 1. The van der Waals surface area contributed by atoms with Crippen LogP contribution in [0.1, 0.15) is 5.56 Å². The second-order valence-corrected chi connectivity index (χ2v) is 3.21. The van der Waals surface area contributed by atoms with Crippen LogP contribution in [0.3, 0.4) is 0 Å². The third-order valence-corrected chi connectivity index (χ3v) is 2.02. The molecule has 1 unspecified atom stereocenters. The molecule has 0 bridgehead atoms. The Morgan fingerprint density at radius 2 is 2.23 bits per heavy atom. The van der Waals surface area contributed by atoms with E-state index in [1.165, 1.54) is 7.11 Å². The highest BCUT2D eigenvalue weighted by Crippen LogP contribution is 2.27. The zero-order chi connectivity index (χ0) is 9.84. The summed E-state index contributed by atoms with van der Waals surface area (Å²) in [5.41, 5.74) is 1.41. The van der Waals surface area contributed by atoms with Crippen LogP contribution in [0.4, 0.5) is 5.69 Å². The monoisotopic (exact) mass is 201 g/mol. The van der Waals surface area contributed by atoms with Crippen LogP contribution in [-0.2, 0) is 11.3 Å². The summed E-state index contributed by atoms with van der Waals surface area (Å²) in [5, 5.41) is 0. The second-order valence-electron chi connectivity index (χ2n) is 2.50. The number of rotatable bonds is 3. The van der Waals surface area contributed by atoms with E-state index < -0.39 is 11.3 Å². The van der Waals surface area contributed by atoms with Gasteiger partial charge in [-0.05, 0) is 18.6 Å². The first-order valence-electron chi connectivity index (χ1n) is 3.66. The topological polar surface area (TPSA) is 58.6 Å². The molecule has 0 aliphatic rings. The van der Waals surface area contributed by atoms with Crippen LogP contribution in [0.5, 0.6) is 5.75 Å². The van der Waals surface area contributed by atoms with Crippen molar-refractivity contribution in [1.29, 1.82) is 0 Å². The van der Waals surface area contributed by atoms with Crippen molar-refractivity contribution in [3.8, 4) is 5.75 Å². The molecule has 2 N–H and O–H groups in total. The SMILES string of the molecule is COc1cccc(C)c1NS(=O)O. The van der Waals surface area contributed by atoms with Gasteiger partial charge in [0, 0.05) is 0 Å². The largest absolute Gasteiger partial charge is 0.495 e. The molecule has 0 spiro atoms. The standard InChI is InChI=1S/C8H11NO3S/c1-6-4-3-5-7(12-2)8(6)9-13(10)11/h3-5,9H,1-2H3,(H,10,11). The second kappa shape index (κ2) is 4.25. The Kier molecular flexibility index (Phi) is 3.27. The lowest BCUT2D eigenvalue weighted by Crippen LogP contribution is -2.05. The Bertz CT molecular complexity index is 327. The van der Waals surface area contributed by atoms with E-state index in [1.807, 2.05) is 19.1 Å². The minimum absolute atomic E-state index is 0.547. The van der Waals surface area contributed by atoms with Crippen LogP contribution in [-0.4, -0.2) is 15.9 Å². The molecule has 13 heavy (non-hydrogen) atoms. The van der Waals surface area contributed by atoms with Crippen molar-refractivity contribution < 1.29 is 13.5 Å². The van der Waals surface area contributed by atoms with E-state index in [0.29, 0.717) is 11.4 Å². The van der Waals surface area contributed by atoms with Gasteiger partial charge in [0.2, 0.25) is 0 Å². The Labute approximate surface area is 79.3 Å². The number of aryl methyl sites for hydroxylation is 1. The van der Waals surface area contributed by atoms with Crippen LogP contribution in [0, 0.1) is 6.92 Å². The third-order valence-electron chi connectivity index (χ3n) is 1.64. The highest BCUT2D eigenvalue weighted by Gasteiger charge is 2.06. The summed E-state index contributed by atoms with van der Waals surface area (Å²) in [5.74, 6) is 0.558. The van der Waals surface area contributed by atoms with Crippen molar-refractivity contribution in [2.24, 2.45) is 0 Å². The van der Waals surface area contributed by atoms with Crippen molar-refractivity contribution in [3.05, 3.63) is 23.8 Å². The maximum Gasteiger partial charge on any atom is 0.259 e. The lowest BCUT2D eigenvalue weighted by atomic mass is 10.2. The van der Waals surface area contributed by atoms with Gasteiger partial charge in [-0.3, -0.25) is 9.27 Å². The van der Waals surface area contributed by atoms with Gasteiger partial charge in [0.1, 0.15) is 5.75 Å². The van der Waals surface area contributed by atoms with Crippen LogP contribution >= 0.6 is 0 Å². The number of nitrogens with one attached hydrogen (secondary N) is 1. The Morgan fingerprint density at radius 3 is 2.77 bits per heavy atom. The van der Waals surface area contributed by atoms with Crippen molar-refractivity contribution in [1.82, 2.24) is 0 Å². The smallest absolute Gasteiger partial charge is 0.259 e. The molecule has 1 aromatic carbocycles. The van der Waals surface area contributed by atoms with E-state index in [-0.39, 0.29) is 0 Å². The molecule has 0 aliphatic carbocycles. The van der Waals surface area contributed by atoms with E-state index >= 15 is 0 Å². The predicted molar refractivity (Wildman–Crippen MR) is 52.1 cm³/mol. The molecule has 0 saturated carbocycles. The van der Waals surface area contributed by atoms with Crippen LogP contribution < -0.4 is 9.46 Å². The summed E-state index contributed by atoms with van der Waals surface area (Å²) >= 11 is -2.07. The van der Waals surface area contributed by atoms with Gasteiger partial charge >= 0.3 is 0 Å². The molecule has 0 saturated heterocycles. The average molecular weight is 201 g/mol. The Balaban J connectivity index is 3.07. The zero-order valence-electron chi connectivity index (χ0n) is 7.40. The van der Waals surface area contributed by atoms with Crippen LogP contribution in [0.2, 0.25) is 0 Å². The maximum absolute atomic E-state index is 10.5. The lowest BCUT2D eigenvalue weighted by Gasteiger charge is -2.10. The number of anilines is 1. The Morgan fingerprint density at radius 1 is 1.54 bits per heavy atom. The molecule has 1 aromatic rings. The molecule has 5 heteroatoms. The number of hydrogen-bond acceptors (Lipinski definition) is 2. The van der Waals surface area contributed by atoms with Gasteiger partial charge in [-0.1, -0.05) is 12.1 Å². The average Bonchev–Trinajstić information content (AvgIpc) is 2.08. The summed E-state index contributed by atoms with van der Waals surface area (Å²) < 4.78 is 26.6. The van der Waals surface area contributed by atoms with Gasteiger partial charge in [0.05, 0.1) is 12.8 Å². The minimum atomic E-state index is -2.07. The molecule has 0 fully saturated rings. The van der Waals surface area contributed by atoms with E-state index in [9.17, 15) is 4.21 Å². The highest BCUT2D eigenvalue weighted by molar-refractivity contribution is 7.80.